The normalized spacial score (nSPS) is 12.3. The largest absolute Gasteiger partial charge is 0.497 e. The fourth-order valence-electron chi connectivity index (χ4n) is 1.71. The SMILES string of the molecule is COc1ccc(C(O)c2cc(F)c(F)c(F)c2)cc1. The molecule has 2 rings (SSSR count). The molecule has 0 radical (unpaired) electrons. The molecule has 2 aromatic carbocycles. The van der Waals surface area contributed by atoms with Crippen molar-refractivity contribution < 1.29 is 23.0 Å². The van der Waals surface area contributed by atoms with E-state index in [1.54, 1.807) is 24.3 Å². The molecule has 0 saturated carbocycles. The van der Waals surface area contributed by atoms with Crippen LogP contribution in [0.1, 0.15) is 17.2 Å². The highest BCUT2D eigenvalue weighted by molar-refractivity contribution is 5.34. The van der Waals surface area contributed by atoms with E-state index < -0.39 is 23.6 Å². The van der Waals surface area contributed by atoms with E-state index in [2.05, 4.69) is 0 Å². The van der Waals surface area contributed by atoms with Gasteiger partial charge in [-0.3, -0.25) is 0 Å². The van der Waals surface area contributed by atoms with E-state index in [-0.39, 0.29) is 5.56 Å². The Kier molecular flexibility index (Phi) is 3.76. The lowest BCUT2D eigenvalue weighted by atomic mass is 10.0. The molecule has 0 fully saturated rings. The van der Waals surface area contributed by atoms with Gasteiger partial charge in [0, 0.05) is 0 Å². The maximum Gasteiger partial charge on any atom is 0.194 e. The summed E-state index contributed by atoms with van der Waals surface area (Å²) in [6.45, 7) is 0. The van der Waals surface area contributed by atoms with Gasteiger partial charge < -0.3 is 9.84 Å². The van der Waals surface area contributed by atoms with Crippen molar-refractivity contribution in [3.05, 3.63) is 65.0 Å². The van der Waals surface area contributed by atoms with Crippen LogP contribution in [0.2, 0.25) is 0 Å². The van der Waals surface area contributed by atoms with Crippen LogP contribution in [-0.2, 0) is 0 Å². The van der Waals surface area contributed by atoms with Gasteiger partial charge in [0.25, 0.3) is 0 Å². The molecule has 19 heavy (non-hydrogen) atoms. The van der Waals surface area contributed by atoms with Gasteiger partial charge in [-0.05, 0) is 35.4 Å². The van der Waals surface area contributed by atoms with Crippen molar-refractivity contribution in [2.75, 3.05) is 7.11 Å². The number of methoxy groups -OCH3 is 1. The van der Waals surface area contributed by atoms with Gasteiger partial charge in [0.15, 0.2) is 17.5 Å². The summed E-state index contributed by atoms with van der Waals surface area (Å²) < 4.78 is 44.0. The van der Waals surface area contributed by atoms with Crippen LogP contribution in [0, 0.1) is 17.5 Å². The lowest BCUT2D eigenvalue weighted by Gasteiger charge is -2.12. The van der Waals surface area contributed by atoms with Crippen molar-refractivity contribution in [2.45, 2.75) is 6.10 Å². The molecule has 0 spiro atoms. The van der Waals surface area contributed by atoms with Crippen molar-refractivity contribution in [2.24, 2.45) is 0 Å². The van der Waals surface area contributed by atoms with Crippen LogP contribution in [0.4, 0.5) is 13.2 Å². The van der Waals surface area contributed by atoms with Crippen molar-refractivity contribution in [3.8, 4) is 5.75 Å². The molecule has 0 aliphatic carbocycles. The minimum atomic E-state index is -1.55. The third kappa shape index (κ3) is 2.71. The van der Waals surface area contributed by atoms with Crippen molar-refractivity contribution >= 4 is 0 Å². The molecule has 0 aromatic heterocycles. The summed E-state index contributed by atoms with van der Waals surface area (Å²) >= 11 is 0. The Morgan fingerprint density at radius 3 is 1.95 bits per heavy atom. The first kappa shape index (κ1) is 13.4. The standard InChI is InChI=1S/C14H11F3O2/c1-19-10-4-2-8(3-5-10)14(18)9-6-11(15)13(17)12(16)7-9/h2-7,14,18H,1H3. The number of hydrogen-bond donors (Lipinski definition) is 1. The minimum absolute atomic E-state index is 0.0541. The van der Waals surface area contributed by atoms with Crippen LogP contribution in [0.25, 0.3) is 0 Å². The van der Waals surface area contributed by atoms with Crippen molar-refractivity contribution in [1.82, 2.24) is 0 Å². The van der Waals surface area contributed by atoms with Crippen LogP contribution in [-0.4, -0.2) is 12.2 Å². The summed E-state index contributed by atoms with van der Waals surface area (Å²) in [5, 5.41) is 10.00. The number of rotatable bonds is 3. The zero-order valence-corrected chi connectivity index (χ0v) is 10.0. The van der Waals surface area contributed by atoms with Gasteiger partial charge in [0.2, 0.25) is 0 Å². The zero-order chi connectivity index (χ0) is 14.0. The summed E-state index contributed by atoms with van der Waals surface area (Å²) in [4.78, 5) is 0. The van der Waals surface area contributed by atoms with Crippen LogP contribution in [0.15, 0.2) is 36.4 Å². The van der Waals surface area contributed by atoms with Gasteiger partial charge in [0.1, 0.15) is 11.9 Å². The molecule has 2 aromatic rings. The average Bonchev–Trinajstić information content (AvgIpc) is 2.43. The molecule has 1 unspecified atom stereocenters. The molecule has 0 heterocycles. The molecule has 0 aliphatic heterocycles. The van der Waals surface area contributed by atoms with Crippen LogP contribution in [0.5, 0.6) is 5.75 Å². The molecule has 0 saturated heterocycles. The van der Waals surface area contributed by atoms with Crippen molar-refractivity contribution in [1.29, 1.82) is 0 Å². The maximum absolute atomic E-state index is 13.1. The molecule has 1 N–H and O–H groups in total. The van der Waals surface area contributed by atoms with Gasteiger partial charge >= 0.3 is 0 Å². The van der Waals surface area contributed by atoms with Crippen molar-refractivity contribution in [3.63, 3.8) is 0 Å². The number of ether oxygens (including phenoxy) is 1. The summed E-state index contributed by atoms with van der Waals surface area (Å²) in [5.41, 5.74) is 0.368. The van der Waals surface area contributed by atoms with E-state index in [0.29, 0.717) is 11.3 Å². The predicted molar refractivity (Wildman–Crippen MR) is 63.4 cm³/mol. The van der Waals surface area contributed by atoms with Crippen LogP contribution < -0.4 is 4.74 Å². The fourth-order valence-corrected chi connectivity index (χ4v) is 1.71. The number of benzene rings is 2. The topological polar surface area (TPSA) is 29.5 Å². The quantitative estimate of drug-likeness (QED) is 0.866. The van der Waals surface area contributed by atoms with Gasteiger partial charge in [-0.2, -0.15) is 0 Å². The fraction of sp³-hybridized carbons (Fsp3) is 0.143. The van der Waals surface area contributed by atoms with Crippen LogP contribution >= 0.6 is 0 Å². The summed E-state index contributed by atoms with van der Waals surface area (Å²) in [5.74, 6) is -3.62. The van der Waals surface area contributed by atoms with Gasteiger partial charge in [-0.1, -0.05) is 12.1 Å². The molecular weight excluding hydrogens is 257 g/mol. The Morgan fingerprint density at radius 2 is 1.47 bits per heavy atom. The Balaban J connectivity index is 2.35. The second-order valence-electron chi connectivity index (χ2n) is 3.97. The Morgan fingerprint density at radius 1 is 0.947 bits per heavy atom. The molecule has 1 atom stereocenters. The number of hydrogen-bond acceptors (Lipinski definition) is 2. The molecule has 2 nitrogen and oxygen atoms in total. The first-order chi connectivity index (χ1) is 9.02. The van der Waals surface area contributed by atoms with E-state index in [4.69, 9.17) is 4.74 Å². The minimum Gasteiger partial charge on any atom is -0.497 e. The maximum atomic E-state index is 13.1. The summed E-state index contributed by atoms with van der Waals surface area (Å²) in [7, 11) is 1.50. The number of aliphatic hydroxyl groups excluding tert-OH is 1. The van der Waals surface area contributed by atoms with E-state index >= 15 is 0 Å². The van der Waals surface area contributed by atoms with E-state index in [1.807, 2.05) is 0 Å². The molecule has 5 heteroatoms. The highest BCUT2D eigenvalue weighted by Gasteiger charge is 2.17. The first-order valence-corrected chi connectivity index (χ1v) is 5.49. The zero-order valence-electron chi connectivity index (χ0n) is 10.0. The van der Waals surface area contributed by atoms with Gasteiger partial charge in [-0.15, -0.1) is 0 Å². The molecule has 0 amide bonds. The lowest BCUT2D eigenvalue weighted by Crippen LogP contribution is -2.03. The third-order valence-electron chi connectivity index (χ3n) is 2.75. The third-order valence-corrected chi connectivity index (χ3v) is 2.75. The first-order valence-electron chi connectivity index (χ1n) is 5.49. The molecule has 0 aliphatic rings. The smallest absolute Gasteiger partial charge is 0.194 e. The van der Waals surface area contributed by atoms with E-state index in [9.17, 15) is 18.3 Å². The molecular formula is C14H11F3O2. The lowest BCUT2D eigenvalue weighted by molar-refractivity contribution is 0.218. The second kappa shape index (κ2) is 5.32. The van der Waals surface area contributed by atoms with E-state index in [0.717, 1.165) is 12.1 Å². The summed E-state index contributed by atoms with van der Waals surface area (Å²) in [6, 6.07) is 7.87. The van der Waals surface area contributed by atoms with Crippen LogP contribution in [0.3, 0.4) is 0 Å². The molecule has 100 valence electrons. The Bertz CT molecular complexity index is 559. The summed E-state index contributed by atoms with van der Waals surface area (Å²) in [6.07, 6.45) is -1.24. The predicted octanol–water partition coefficient (Wildman–Crippen LogP) is 3.19. The average molecular weight is 268 g/mol. The highest BCUT2D eigenvalue weighted by atomic mass is 19.2. The number of aliphatic hydroxyl groups is 1. The monoisotopic (exact) mass is 268 g/mol. The Labute approximate surface area is 108 Å². The number of halogens is 3. The van der Waals surface area contributed by atoms with Gasteiger partial charge in [0.05, 0.1) is 7.11 Å². The van der Waals surface area contributed by atoms with Gasteiger partial charge in [-0.25, -0.2) is 13.2 Å². The molecule has 0 bridgehead atoms. The van der Waals surface area contributed by atoms with E-state index in [1.165, 1.54) is 7.11 Å². The highest BCUT2D eigenvalue weighted by Crippen LogP contribution is 2.26. The Hall–Kier alpha value is -2.01. The second-order valence-corrected chi connectivity index (χ2v) is 3.97.